The molecule has 0 spiro atoms. The number of halogens is 2. The maximum atomic E-state index is 9.04. The molecule has 0 fully saturated rings. The van der Waals surface area contributed by atoms with Crippen LogP contribution in [-0.4, -0.2) is 10.2 Å². The van der Waals surface area contributed by atoms with Crippen LogP contribution in [-0.2, 0) is 26.2 Å². The van der Waals surface area contributed by atoms with Gasteiger partial charge in [0, 0.05) is 0 Å². The number of phenolic OH excluding ortho intramolecular Hbond substituents is 2. The molecule has 0 bridgehead atoms. The fourth-order valence-electron chi connectivity index (χ4n) is 1.61. The zero-order valence-corrected chi connectivity index (χ0v) is 16.6. The fourth-order valence-corrected chi connectivity index (χ4v) is 1.61. The number of aromatic hydroxyl groups is 2. The number of hydrogen-bond acceptors (Lipinski definition) is 2. The van der Waals surface area contributed by atoms with Crippen LogP contribution < -0.4 is 24.8 Å². The molecule has 0 radical (unpaired) electrons. The quantitative estimate of drug-likeness (QED) is 0.533. The molecular formula is C16H20Cl2O2Zr. The van der Waals surface area contributed by atoms with Gasteiger partial charge >= 0.3 is 26.2 Å². The van der Waals surface area contributed by atoms with Crippen LogP contribution in [0.25, 0.3) is 0 Å². The van der Waals surface area contributed by atoms with Crippen LogP contribution in [0.3, 0.4) is 0 Å². The van der Waals surface area contributed by atoms with E-state index in [-0.39, 0.29) is 51.0 Å². The van der Waals surface area contributed by atoms with Crippen molar-refractivity contribution in [3.8, 4) is 11.5 Å². The molecular weight excluding hydrogens is 386 g/mol. The summed E-state index contributed by atoms with van der Waals surface area (Å²) in [6, 6.07) is 11.1. The van der Waals surface area contributed by atoms with E-state index < -0.39 is 0 Å². The summed E-state index contributed by atoms with van der Waals surface area (Å²) in [7, 11) is 0. The van der Waals surface area contributed by atoms with Gasteiger partial charge in [-0.05, 0) is 51.0 Å². The molecule has 2 aromatic rings. The summed E-state index contributed by atoms with van der Waals surface area (Å²) in [5, 5.41) is 18.1. The number of benzene rings is 2. The second-order valence-electron chi connectivity index (χ2n) is 4.58. The van der Waals surface area contributed by atoms with Gasteiger partial charge in [-0.3, -0.25) is 0 Å². The number of hydrogen-bond donors (Lipinski definition) is 2. The van der Waals surface area contributed by atoms with Crippen molar-refractivity contribution in [2.75, 3.05) is 0 Å². The first-order chi connectivity index (χ1) is 8.40. The molecule has 0 heterocycles. The van der Waals surface area contributed by atoms with Gasteiger partial charge in [-0.15, -0.1) is 0 Å². The van der Waals surface area contributed by atoms with Gasteiger partial charge in [-0.1, -0.05) is 35.4 Å². The summed E-state index contributed by atoms with van der Waals surface area (Å²) in [5.41, 5.74) is 4.25. The molecule has 2 N–H and O–H groups in total. The molecule has 0 unspecified atom stereocenters. The monoisotopic (exact) mass is 404 g/mol. The van der Waals surface area contributed by atoms with E-state index in [1.54, 1.807) is 12.1 Å². The molecule has 0 aliphatic heterocycles. The normalized spacial score (nSPS) is 8.19. The van der Waals surface area contributed by atoms with Crippen molar-refractivity contribution < 1.29 is 61.2 Å². The smallest absolute Gasteiger partial charge is 1.00 e. The van der Waals surface area contributed by atoms with Crippen molar-refractivity contribution in [1.82, 2.24) is 0 Å². The molecule has 0 aromatic heterocycles. The van der Waals surface area contributed by atoms with E-state index in [9.17, 15) is 0 Å². The van der Waals surface area contributed by atoms with E-state index in [1.165, 1.54) is 11.1 Å². The van der Waals surface area contributed by atoms with E-state index in [4.69, 9.17) is 10.2 Å². The van der Waals surface area contributed by atoms with Crippen molar-refractivity contribution in [3.05, 3.63) is 58.7 Å². The first-order valence-corrected chi connectivity index (χ1v) is 5.92. The minimum Gasteiger partial charge on any atom is -1.00 e. The van der Waals surface area contributed by atoms with Crippen molar-refractivity contribution >= 4 is 0 Å². The maximum absolute atomic E-state index is 9.04. The summed E-state index contributed by atoms with van der Waals surface area (Å²) in [6.45, 7) is 7.80. The zero-order valence-electron chi connectivity index (χ0n) is 12.6. The molecule has 0 atom stereocenters. The van der Waals surface area contributed by atoms with E-state index in [0.717, 1.165) is 11.1 Å². The Bertz CT molecular complexity index is 496. The largest absolute Gasteiger partial charge is 2.00 e. The molecule has 114 valence electrons. The Kier molecular flexibility index (Phi) is 14.7. The Hall–Kier alpha value is -0.497. The van der Waals surface area contributed by atoms with E-state index in [1.807, 2.05) is 52.0 Å². The summed E-state index contributed by atoms with van der Waals surface area (Å²) >= 11 is 0. The van der Waals surface area contributed by atoms with Gasteiger partial charge in [0.15, 0.2) is 0 Å². The topological polar surface area (TPSA) is 40.5 Å². The molecule has 0 aliphatic carbocycles. The van der Waals surface area contributed by atoms with Gasteiger partial charge in [0.1, 0.15) is 11.5 Å². The minimum absolute atomic E-state index is 0. The molecule has 2 rings (SSSR count). The number of rotatable bonds is 0. The Labute approximate surface area is 158 Å². The van der Waals surface area contributed by atoms with Crippen LogP contribution in [0.15, 0.2) is 36.4 Å². The van der Waals surface area contributed by atoms with Crippen molar-refractivity contribution in [2.45, 2.75) is 27.7 Å². The molecule has 2 aromatic carbocycles. The van der Waals surface area contributed by atoms with E-state index in [2.05, 4.69) is 0 Å². The van der Waals surface area contributed by atoms with E-state index >= 15 is 0 Å². The summed E-state index contributed by atoms with van der Waals surface area (Å²) in [4.78, 5) is 0. The van der Waals surface area contributed by atoms with Crippen LogP contribution in [0.4, 0.5) is 0 Å². The van der Waals surface area contributed by atoms with Crippen molar-refractivity contribution in [2.24, 2.45) is 0 Å². The van der Waals surface area contributed by atoms with Gasteiger partial charge < -0.3 is 35.0 Å². The van der Waals surface area contributed by atoms with Gasteiger partial charge in [0.25, 0.3) is 0 Å². The summed E-state index contributed by atoms with van der Waals surface area (Å²) < 4.78 is 0. The van der Waals surface area contributed by atoms with Crippen LogP contribution in [0, 0.1) is 27.7 Å². The number of phenols is 2. The average molecular weight is 406 g/mol. The van der Waals surface area contributed by atoms with Gasteiger partial charge in [-0.2, -0.15) is 0 Å². The Morgan fingerprint density at radius 2 is 0.905 bits per heavy atom. The van der Waals surface area contributed by atoms with Crippen LogP contribution in [0.5, 0.6) is 11.5 Å². The maximum Gasteiger partial charge on any atom is 2.00 e. The fraction of sp³-hybridized carbons (Fsp3) is 0.250. The van der Waals surface area contributed by atoms with Crippen LogP contribution >= 0.6 is 0 Å². The predicted octanol–water partition coefficient (Wildman–Crippen LogP) is -1.98. The van der Waals surface area contributed by atoms with Crippen LogP contribution in [0.2, 0.25) is 0 Å². The third-order valence-corrected chi connectivity index (χ3v) is 2.70. The Balaban J connectivity index is -0.000000270. The SMILES string of the molecule is Cc1ccc(O)c(C)c1.Cc1ccc(O)c(C)c1.[Cl-].[Cl-].[Zr+2]. The first-order valence-electron chi connectivity index (χ1n) is 5.92. The van der Waals surface area contributed by atoms with Crippen molar-refractivity contribution in [1.29, 1.82) is 0 Å². The molecule has 2 nitrogen and oxygen atoms in total. The molecule has 5 heteroatoms. The average Bonchev–Trinajstić information content (AvgIpc) is 2.30. The third kappa shape index (κ3) is 9.19. The minimum atomic E-state index is 0. The molecule has 0 aliphatic rings. The molecule has 21 heavy (non-hydrogen) atoms. The zero-order chi connectivity index (χ0) is 13.7. The standard InChI is InChI=1S/2C8H10O.2ClH.Zr/c2*1-6-3-4-8(9)7(2)5-6;;;/h2*3-5,9H,1-2H3;2*1H;/q;;;;+2/p-2. The Morgan fingerprint density at radius 3 is 1.10 bits per heavy atom. The van der Waals surface area contributed by atoms with E-state index in [0.29, 0.717) is 11.5 Å². The van der Waals surface area contributed by atoms with Gasteiger partial charge in [0.2, 0.25) is 0 Å². The summed E-state index contributed by atoms with van der Waals surface area (Å²) in [5.74, 6) is 0.751. The molecule has 0 saturated carbocycles. The third-order valence-electron chi connectivity index (χ3n) is 2.70. The second kappa shape index (κ2) is 12.1. The molecule has 0 saturated heterocycles. The van der Waals surface area contributed by atoms with Crippen molar-refractivity contribution in [3.63, 3.8) is 0 Å². The number of aryl methyl sites for hydroxylation is 4. The van der Waals surface area contributed by atoms with Gasteiger partial charge in [0.05, 0.1) is 0 Å². The predicted molar refractivity (Wildman–Crippen MR) is 75.2 cm³/mol. The molecule has 0 amide bonds. The van der Waals surface area contributed by atoms with Gasteiger partial charge in [-0.25, -0.2) is 0 Å². The Morgan fingerprint density at radius 1 is 0.619 bits per heavy atom. The summed E-state index contributed by atoms with van der Waals surface area (Å²) in [6.07, 6.45) is 0. The first kappa shape index (κ1) is 25.5. The van der Waals surface area contributed by atoms with Crippen LogP contribution in [0.1, 0.15) is 22.3 Å². The second-order valence-corrected chi connectivity index (χ2v) is 4.58.